The zero-order chi connectivity index (χ0) is 7.98. The molecule has 0 radical (unpaired) electrons. The smallest absolute Gasteiger partial charge is 0.136 e. The standard InChI is InChI=1S/C8H10FN/c1-3-5-8(9)7(4-2)6-10/h3,5H,4H2,1-2H3. The monoisotopic (exact) mass is 139 g/mol. The summed E-state index contributed by atoms with van der Waals surface area (Å²) >= 11 is 0. The summed E-state index contributed by atoms with van der Waals surface area (Å²) < 4.78 is 12.6. The van der Waals surface area contributed by atoms with Crippen molar-refractivity contribution in [2.45, 2.75) is 20.3 Å². The van der Waals surface area contributed by atoms with Crippen molar-refractivity contribution in [2.24, 2.45) is 0 Å². The molecule has 0 rings (SSSR count). The first-order valence-electron chi connectivity index (χ1n) is 3.17. The van der Waals surface area contributed by atoms with Crippen molar-refractivity contribution in [3.05, 3.63) is 23.6 Å². The van der Waals surface area contributed by atoms with Crippen LogP contribution in [0.15, 0.2) is 23.6 Å². The van der Waals surface area contributed by atoms with Gasteiger partial charge in [0.05, 0.1) is 11.6 Å². The summed E-state index contributed by atoms with van der Waals surface area (Å²) in [5.41, 5.74) is 0.207. The molecule has 0 atom stereocenters. The summed E-state index contributed by atoms with van der Waals surface area (Å²) in [5, 5.41) is 8.34. The second-order valence-corrected chi connectivity index (χ2v) is 1.79. The predicted octanol–water partition coefficient (Wildman–Crippen LogP) is 2.72. The van der Waals surface area contributed by atoms with Gasteiger partial charge in [-0.15, -0.1) is 0 Å². The van der Waals surface area contributed by atoms with Gasteiger partial charge in [-0.25, -0.2) is 4.39 Å². The van der Waals surface area contributed by atoms with Crippen molar-refractivity contribution >= 4 is 0 Å². The van der Waals surface area contributed by atoms with Crippen molar-refractivity contribution in [3.8, 4) is 6.07 Å². The number of nitrogens with zero attached hydrogens (tertiary/aromatic N) is 1. The molecular formula is C8H10FN. The van der Waals surface area contributed by atoms with Gasteiger partial charge in [0.15, 0.2) is 0 Å². The number of halogens is 1. The highest BCUT2D eigenvalue weighted by atomic mass is 19.1. The highest BCUT2D eigenvalue weighted by Crippen LogP contribution is 2.09. The SMILES string of the molecule is CC=CC(F)=C(C#N)CC. The molecule has 0 unspecified atom stereocenters. The van der Waals surface area contributed by atoms with Gasteiger partial charge in [-0.2, -0.15) is 5.26 Å². The molecule has 0 amide bonds. The van der Waals surface area contributed by atoms with E-state index < -0.39 is 5.83 Å². The molecule has 0 aromatic carbocycles. The maximum Gasteiger partial charge on any atom is 0.136 e. The van der Waals surface area contributed by atoms with E-state index in [-0.39, 0.29) is 5.57 Å². The minimum Gasteiger partial charge on any atom is -0.206 e. The summed E-state index contributed by atoms with van der Waals surface area (Å²) in [7, 11) is 0. The molecule has 0 aromatic rings. The van der Waals surface area contributed by atoms with E-state index in [9.17, 15) is 4.39 Å². The Bertz CT molecular complexity index is 196. The lowest BCUT2D eigenvalue weighted by Crippen LogP contribution is -1.78. The lowest BCUT2D eigenvalue weighted by atomic mass is 10.2. The van der Waals surface area contributed by atoms with E-state index in [1.165, 1.54) is 6.08 Å². The van der Waals surface area contributed by atoms with Crippen LogP contribution in [-0.4, -0.2) is 0 Å². The number of nitriles is 1. The van der Waals surface area contributed by atoms with Gasteiger partial charge < -0.3 is 0 Å². The largest absolute Gasteiger partial charge is 0.206 e. The molecule has 0 heterocycles. The zero-order valence-corrected chi connectivity index (χ0v) is 6.19. The van der Waals surface area contributed by atoms with Crippen LogP contribution in [0.3, 0.4) is 0 Å². The van der Waals surface area contributed by atoms with Gasteiger partial charge in [-0.05, 0) is 19.4 Å². The molecule has 0 aliphatic heterocycles. The molecule has 0 spiro atoms. The van der Waals surface area contributed by atoms with E-state index in [0.717, 1.165) is 0 Å². The first kappa shape index (κ1) is 8.90. The van der Waals surface area contributed by atoms with E-state index in [2.05, 4.69) is 0 Å². The Morgan fingerprint density at radius 3 is 2.60 bits per heavy atom. The van der Waals surface area contributed by atoms with Crippen LogP contribution in [0, 0.1) is 11.3 Å². The maximum absolute atomic E-state index is 12.6. The first-order valence-corrected chi connectivity index (χ1v) is 3.17. The van der Waals surface area contributed by atoms with Gasteiger partial charge >= 0.3 is 0 Å². The Morgan fingerprint density at radius 2 is 2.30 bits per heavy atom. The van der Waals surface area contributed by atoms with E-state index in [1.807, 2.05) is 0 Å². The fourth-order valence-corrected chi connectivity index (χ4v) is 0.548. The molecule has 0 N–H and O–H groups in total. The number of hydrogen-bond donors (Lipinski definition) is 0. The molecule has 2 heteroatoms. The van der Waals surface area contributed by atoms with Gasteiger partial charge in [0, 0.05) is 0 Å². The molecule has 0 aliphatic rings. The quantitative estimate of drug-likeness (QED) is 0.426. The fraction of sp³-hybridized carbons (Fsp3) is 0.375. The number of hydrogen-bond acceptors (Lipinski definition) is 1. The van der Waals surface area contributed by atoms with Gasteiger partial charge in [0.25, 0.3) is 0 Å². The van der Waals surface area contributed by atoms with E-state index in [1.54, 1.807) is 26.0 Å². The van der Waals surface area contributed by atoms with E-state index in [0.29, 0.717) is 6.42 Å². The molecule has 0 saturated heterocycles. The third kappa shape index (κ3) is 2.45. The zero-order valence-electron chi connectivity index (χ0n) is 6.19. The molecule has 0 bridgehead atoms. The Kier molecular flexibility index (Phi) is 4.23. The lowest BCUT2D eigenvalue weighted by Gasteiger charge is -1.90. The van der Waals surface area contributed by atoms with Crippen molar-refractivity contribution in [3.63, 3.8) is 0 Å². The Morgan fingerprint density at radius 1 is 1.70 bits per heavy atom. The third-order valence-corrected chi connectivity index (χ3v) is 1.09. The second-order valence-electron chi connectivity index (χ2n) is 1.79. The van der Waals surface area contributed by atoms with Crippen molar-refractivity contribution < 1.29 is 4.39 Å². The van der Waals surface area contributed by atoms with Crippen LogP contribution in [0.4, 0.5) is 4.39 Å². The van der Waals surface area contributed by atoms with Gasteiger partial charge in [-0.1, -0.05) is 13.0 Å². The van der Waals surface area contributed by atoms with Crippen LogP contribution in [-0.2, 0) is 0 Å². The van der Waals surface area contributed by atoms with Gasteiger partial charge in [-0.3, -0.25) is 0 Å². The maximum atomic E-state index is 12.6. The molecule has 1 nitrogen and oxygen atoms in total. The van der Waals surface area contributed by atoms with E-state index in [4.69, 9.17) is 5.26 Å². The van der Waals surface area contributed by atoms with Gasteiger partial charge in [0.1, 0.15) is 5.83 Å². The molecular weight excluding hydrogens is 129 g/mol. The highest BCUT2D eigenvalue weighted by molar-refractivity contribution is 5.29. The Labute approximate surface area is 60.5 Å². The predicted molar refractivity (Wildman–Crippen MR) is 38.9 cm³/mol. The minimum absolute atomic E-state index is 0.207. The molecule has 54 valence electrons. The van der Waals surface area contributed by atoms with Crippen LogP contribution in [0.5, 0.6) is 0 Å². The average Bonchev–Trinajstić information content (AvgIpc) is 1.91. The highest BCUT2D eigenvalue weighted by Gasteiger charge is 1.97. The van der Waals surface area contributed by atoms with E-state index >= 15 is 0 Å². The Balaban J connectivity index is 4.47. The van der Waals surface area contributed by atoms with Crippen molar-refractivity contribution in [1.82, 2.24) is 0 Å². The normalized spacial score (nSPS) is 13.0. The third-order valence-electron chi connectivity index (χ3n) is 1.09. The van der Waals surface area contributed by atoms with Crippen LogP contribution in [0.1, 0.15) is 20.3 Å². The number of rotatable bonds is 2. The summed E-state index contributed by atoms with van der Waals surface area (Å²) in [6.45, 7) is 3.46. The molecule has 0 aromatic heterocycles. The second kappa shape index (κ2) is 4.75. The van der Waals surface area contributed by atoms with Crippen LogP contribution in [0.25, 0.3) is 0 Å². The van der Waals surface area contributed by atoms with Crippen LogP contribution < -0.4 is 0 Å². The molecule has 0 aliphatic carbocycles. The average molecular weight is 139 g/mol. The van der Waals surface area contributed by atoms with Crippen molar-refractivity contribution in [2.75, 3.05) is 0 Å². The van der Waals surface area contributed by atoms with Crippen LogP contribution >= 0.6 is 0 Å². The summed E-state index contributed by atoms with van der Waals surface area (Å²) in [5.74, 6) is -0.424. The molecule has 0 saturated carbocycles. The first-order chi connectivity index (χ1) is 4.76. The van der Waals surface area contributed by atoms with Crippen molar-refractivity contribution in [1.29, 1.82) is 5.26 Å². The topological polar surface area (TPSA) is 23.8 Å². The lowest BCUT2D eigenvalue weighted by molar-refractivity contribution is 0.653. The van der Waals surface area contributed by atoms with Gasteiger partial charge in [0.2, 0.25) is 0 Å². The summed E-state index contributed by atoms with van der Waals surface area (Å²) in [4.78, 5) is 0. The van der Waals surface area contributed by atoms with Crippen LogP contribution in [0.2, 0.25) is 0 Å². The molecule has 0 fully saturated rings. The molecule has 10 heavy (non-hydrogen) atoms. The Hall–Kier alpha value is -1.10. The minimum atomic E-state index is -0.424. The number of allylic oxidation sites excluding steroid dienone is 4. The fourth-order valence-electron chi connectivity index (χ4n) is 0.548. The summed E-state index contributed by atoms with van der Waals surface area (Å²) in [6, 6.07) is 1.79. The summed E-state index contributed by atoms with van der Waals surface area (Å²) in [6.07, 6.45) is 3.32.